The first-order chi connectivity index (χ1) is 14.6. The summed E-state index contributed by atoms with van der Waals surface area (Å²) < 4.78 is 71.3. The number of aliphatic hydroxyl groups is 1. The zero-order valence-electron chi connectivity index (χ0n) is 16.5. The highest BCUT2D eigenvalue weighted by Crippen LogP contribution is 2.34. The van der Waals surface area contributed by atoms with Crippen molar-refractivity contribution in [3.05, 3.63) is 58.6 Å². The highest BCUT2D eigenvalue weighted by atomic mass is 35.5. The monoisotopic (exact) mass is 478 g/mol. The van der Waals surface area contributed by atoms with Gasteiger partial charge in [-0.25, -0.2) is 8.42 Å². The average Bonchev–Trinajstić information content (AvgIpc) is 2.73. The topological polar surface area (TPSA) is 70.1 Å². The van der Waals surface area contributed by atoms with Crippen LogP contribution in [0.4, 0.5) is 13.2 Å². The van der Waals surface area contributed by atoms with Crippen LogP contribution in [0.2, 0.25) is 5.02 Å². The third kappa shape index (κ3) is 5.89. The van der Waals surface area contributed by atoms with E-state index in [9.17, 15) is 21.6 Å². The maximum Gasteiger partial charge on any atom is 0.416 e. The Balaban J connectivity index is 1.64. The minimum absolute atomic E-state index is 0.0688. The Morgan fingerprint density at radius 3 is 2.26 bits per heavy atom. The first-order valence-electron chi connectivity index (χ1n) is 9.53. The Hall–Kier alpha value is -1.85. The maximum atomic E-state index is 13.0. The van der Waals surface area contributed by atoms with Crippen LogP contribution < -0.4 is 4.74 Å². The van der Waals surface area contributed by atoms with Crippen LogP contribution in [-0.4, -0.2) is 62.1 Å². The Kier molecular flexibility index (Phi) is 7.48. The van der Waals surface area contributed by atoms with Crippen LogP contribution in [0.1, 0.15) is 11.1 Å². The third-order valence-corrected chi connectivity index (χ3v) is 7.28. The minimum atomic E-state index is -4.66. The van der Waals surface area contributed by atoms with Gasteiger partial charge >= 0.3 is 6.18 Å². The van der Waals surface area contributed by atoms with E-state index in [0.717, 1.165) is 22.0 Å². The third-order valence-electron chi connectivity index (χ3n) is 4.90. The summed E-state index contributed by atoms with van der Waals surface area (Å²) >= 11 is 5.92. The molecule has 1 aliphatic rings. The van der Waals surface area contributed by atoms with Crippen molar-refractivity contribution in [2.24, 2.45) is 0 Å². The first kappa shape index (κ1) is 23.8. The van der Waals surface area contributed by atoms with E-state index < -0.39 is 26.7 Å². The lowest BCUT2D eigenvalue weighted by Crippen LogP contribution is -2.48. The van der Waals surface area contributed by atoms with Crippen LogP contribution in [0.15, 0.2) is 47.4 Å². The smallest absolute Gasteiger partial charge is 0.416 e. The maximum absolute atomic E-state index is 13.0. The number of benzene rings is 2. The molecule has 0 unspecified atom stereocenters. The molecule has 1 N–H and O–H groups in total. The Labute approximate surface area is 183 Å². The Bertz CT molecular complexity index is 992. The van der Waals surface area contributed by atoms with E-state index in [1.807, 2.05) is 12.1 Å². The van der Waals surface area contributed by atoms with E-state index >= 15 is 0 Å². The molecular formula is C20H22ClF3N2O4S. The summed E-state index contributed by atoms with van der Waals surface area (Å²) in [7, 11) is -4.15. The summed E-state index contributed by atoms with van der Waals surface area (Å²) in [4.78, 5) is 1.53. The number of hydrogen-bond acceptors (Lipinski definition) is 5. The second-order valence-electron chi connectivity index (χ2n) is 7.04. The van der Waals surface area contributed by atoms with Gasteiger partial charge in [-0.05, 0) is 35.9 Å². The zero-order valence-corrected chi connectivity index (χ0v) is 18.1. The molecule has 1 fully saturated rings. The summed E-state index contributed by atoms with van der Waals surface area (Å²) in [5.41, 5.74) is -0.0471. The van der Waals surface area contributed by atoms with E-state index in [1.54, 1.807) is 12.1 Å². The quantitative estimate of drug-likeness (QED) is 0.661. The molecule has 0 aromatic heterocycles. The number of aliphatic hydroxyl groups excluding tert-OH is 1. The van der Waals surface area contributed by atoms with E-state index in [0.29, 0.717) is 31.5 Å². The van der Waals surface area contributed by atoms with Crippen LogP contribution in [0.3, 0.4) is 0 Å². The van der Waals surface area contributed by atoms with Gasteiger partial charge in [0.25, 0.3) is 0 Å². The van der Waals surface area contributed by atoms with Crippen molar-refractivity contribution in [1.29, 1.82) is 0 Å². The van der Waals surface area contributed by atoms with Crippen molar-refractivity contribution in [2.45, 2.75) is 17.6 Å². The molecule has 0 aliphatic carbocycles. The van der Waals surface area contributed by atoms with Crippen LogP contribution in [-0.2, 0) is 22.7 Å². The van der Waals surface area contributed by atoms with Crippen molar-refractivity contribution in [3.63, 3.8) is 0 Å². The van der Waals surface area contributed by atoms with Crippen LogP contribution in [0.5, 0.6) is 5.75 Å². The molecule has 0 radical (unpaired) electrons. The predicted molar refractivity (Wildman–Crippen MR) is 110 cm³/mol. The summed E-state index contributed by atoms with van der Waals surface area (Å²) in [5, 5.41) is 8.54. The van der Waals surface area contributed by atoms with Gasteiger partial charge in [-0.15, -0.1) is 0 Å². The van der Waals surface area contributed by atoms with Crippen molar-refractivity contribution in [3.8, 4) is 5.75 Å². The molecule has 0 atom stereocenters. The number of piperazine rings is 1. The fraction of sp³-hybridized carbons (Fsp3) is 0.400. The molecule has 1 saturated heterocycles. The van der Waals surface area contributed by atoms with Gasteiger partial charge in [-0.3, -0.25) is 4.90 Å². The minimum Gasteiger partial charge on any atom is -0.491 e. The van der Waals surface area contributed by atoms with Crippen LogP contribution >= 0.6 is 11.6 Å². The highest BCUT2D eigenvalue weighted by molar-refractivity contribution is 7.89. The van der Waals surface area contributed by atoms with E-state index in [2.05, 4.69) is 4.90 Å². The number of nitrogens with zero attached hydrogens (tertiary/aromatic N) is 2. The average molecular weight is 479 g/mol. The van der Waals surface area contributed by atoms with Gasteiger partial charge < -0.3 is 9.84 Å². The van der Waals surface area contributed by atoms with Crippen molar-refractivity contribution >= 4 is 21.6 Å². The predicted octanol–water partition coefficient (Wildman–Crippen LogP) is 3.24. The number of alkyl halides is 3. The summed E-state index contributed by atoms with van der Waals surface area (Å²) in [6.45, 7) is 1.89. The summed E-state index contributed by atoms with van der Waals surface area (Å²) in [5.74, 6) is 0.645. The first-order valence-corrected chi connectivity index (χ1v) is 11.3. The molecule has 6 nitrogen and oxygen atoms in total. The Morgan fingerprint density at radius 2 is 1.68 bits per heavy atom. The van der Waals surface area contributed by atoms with Gasteiger partial charge in [0.05, 0.1) is 17.2 Å². The molecule has 2 aromatic carbocycles. The molecule has 31 heavy (non-hydrogen) atoms. The molecule has 0 saturated carbocycles. The number of ether oxygens (including phenoxy) is 1. The van der Waals surface area contributed by atoms with Gasteiger partial charge in [-0.2, -0.15) is 17.5 Å². The Morgan fingerprint density at radius 1 is 1.03 bits per heavy atom. The van der Waals surface area contributed by atoms with Crippen molar-refractivity contribution < 1.29 is 31.4 Å². The van der Waals surface area contributed by atoms with Gasteiger partial charge in [0.2, 0.25) is 10.0 Å². The molecule has 170 valence electrons. The van der Waals surface area contributed by atoms with Crippen LogP contribution in [0.25, 0.3) is 0 Å². The van der Waals surface area contributed by atoms with E-state index in [4.69, 9.17) is 21.4 Å². The van der Waals surface area contributed by atoms with Gasteiger partial charge in [-0.1, -0.05) is 23.7 Å². The number of hydrogen-bond donors (Lipinski definition) is 1. The second-order valence-corrected chi connectivity index (χ2v) is 9.35. The number of halogens is 4. The lowest BCUT2D eigenvalue weighted by molar-refractivity contribution is -0.137. The molecule has 11 heteroatoms. The molecule has 0 spiro atoms. The molecular weight excluding hydrogens is 457 g/mol. The zero-order chi connectivity index (χ0) is 22.6. The molecule has 0 bridgehead atoms. The van der Waals surface area contributed by atoms with Crippen molar-refractivity contribution in [1.82, 2.24) is 9.21 Å². The molecule has 2 aromatic rings. The van der Waals surface area contributed by atoms with Gasteiger partial charge in [0, 0.05) is 32.7 Å². The largest absolute Gasteiger partial charge is 0.491 e. The molecule has 1 heterocycles. The standard InChI is InChI=1S/C20H22ClF3N2O4S/c21-18-6-3-16(20(22,23)24)13-19(18)31(28,29)26-9-7-25(8-10-26)14-15-1-4-17(5-2-15)30-12-11-27/h1-6,13,27H,7-12,14H2. The highest BCUT2D eigenvalue weighted by Gasteiger charge is 2.35. The number of sulfonamides is 1. The summed E-state index contributed by atoms with van der Waals surface area (Å²) in [6.07, 6.45) is -4.66. The van der Waals surface area contributed by atoms with Gasteiger partial charge in [0.15, 0.2) is 0 Å². The fourth-order valence-electron chi connectivity index (χ4n) is 3.26. The second kappa shape index (κ2) is 9.74. The SMILES string of the molecule is O=S(=O)(c1cc(C(F)(F)F)ccc1Cl)N1CCN(Cc2ccc(OCCO)cc2)CC1. The fourth-order valence-corrected chi connectivity index (χ4v) is 5.18. The number of rotatable bonds is 7. The normalized spacial score (nSPS) is 16.4. The van der Waals surface area contributed by atoms with Crippen LogP contribution in [0, 0.1) is 0 Å². The van der Waals surface area contributed by atoms with E-state index in [1.165, 1.54) is 0 Å². The lowest BCUT2D eigenvalue weighted by atomic mass is 10.2. The lowest BCUT2D eigenvalue weighted by Gasteiger charge is -2.34. The molecule has 0 amide bonds. The molecule has 1 aliphatic heterocycles. The van der Waals surface area contributed by atoms with E-state index in [-0.39, 0.29) is 31.3 Å². The summed E-state index contributed by atoms with van der Waals surface area (Å²) in [6, 6.07) is 9.67. The van der Waals surface area contributed by atoms with Gasteiger partial charge in [0.1, 0.15) is 17.3 Å². The molecule has 3 rings (SSSR count). The van der Waals surface area contributed by atoms with Crippen molar-refractivity contribution in [2.75, 3.05) is 39.4 Å².